The van der Waals surface area contributed by atoms with Crippen molar-refractivity contribution in [1.82, 2.24) is 5.32 Å². The van der Waals surface area contributed by atoms with Crippen molar-refractivity contribution in [2.75, 3.05) is 13.2 Å². The Bertz CT molecular complexity index is 182. The first-order chi connectivity index (χ1) is 6.11. The highest BCUT2D eigenvalue weighted by Gasteiger charge is 2.24. The van der Waals surface area contributed by atoms with E-state index in [9.17, 15) is 4.79 Å². The van der Waals surface area contributed by atoms with Crippen molar-refractivity contribution in [1.29, 1.82) is 0 Å². The zero-order valence-corrected chi connectivity index (χ0v) is 8.12. The summed E-state index contributed by atoms with van der Waals surface area (Å²) in [6, 6.07) is 0.149. The van der Waals surface area contributed by atoms with Gasteiger partial charge in [-0.15, -0.1) is 0 Å². The molecule has 0 saturated carbocycles. The van der Waals surface area contributed by atoms with E-state index < -0.39 is 6.10 Å². The van der Waals surface area contributed by atoms with E-state index in [1.807, 2.05) is 6.92 Å². The van der Waals surface area contributed by atoms with Crippen LogP contribution in [0.5, 0.6) is 0 Å². The molecule has 76 valence electrons. The first-order valence-corrected chi connectivity index (χ1v) is 4.67. The van der Waals surface area contributed by atoms with E-state index >= 15 is 0 Å². The Balaban J connectivity index is 2.38. The second-order valence-corrected chi connectivity index (χ2v) is 3.63. The summed E-state index contributed by atoms with van der Waals surface area (Å²) in [6.07, 6.45) is -0.0883. The number of hydrogen-bond donors (Lipinski definition) is 2. The van der Waals surface area contributed by atoms with Gasteiger partial charge in [0.1, 0.15) is 6.10 Å². The van der Waals surface area contributed by atoms with Gasteiger partial charge in [-0.2, -0.15) is 0 Å². The Hall–Kier alpha value is -0.610. The minimum absolute atomic E-state index is 0.149. The molecular formula is C9H17NO3. The predicted octanol–water partition coefficient (Wildman–Crippen LogP) is -0.0916. The number of amides is 1. The highest BCUT2D eigenvalue weighted by Crippen LogP contribution is 2.13. The molecule has 1 fully saturated rings. The summed E-state index contributed by atoms with van der Waals surface area (Å²) in [4.78, 5) is 11.2. The van der Waals surface area contributed by atoms with E-state index in [2.05, 4.69) is 5.32 Å². The highest BCUT2D eigenvalue weighted by atomic mass is 16.5. The van der Waals surface area contributed by atoms with Crippen LogP contribution >= 0.6 is 0 Å². The van der Waals surface area contributed by atoms with Gasteiger partial charge in [-0.3, -0.25) is 4.79 Å². The lowest BCUT2D eigenvalue weighted by Crippen LogP contribution is -2.47. The van der Waals surface area contributed by atoms with Crippen LogP contribution < -0.4 is 5.32 Å². The largest absolute Gasteiger partial charge is 0.384 e. The molecule has 2 unspecified atom stereocenters. The van der Waals surface area contributed by atoms with Crippen molar-refractivity contribution < 1.29 is 14.6 Å². The first kappa shape index (κ1) is 10.5. The lowest BCUT2D eigenvalue weighted by atomic mass is 9.98. The normalized spacial score (nSPS) is 31.0. The van der Waals surface area contributed by atoms with Gasteiger partial charge in [-0.05, 0) is 19.3 Å². The van der Waals surface area contributed by atoms with E-state index in [1.54, 1.807) is 0 Å². The SMILES string of the molecule is CC1COCCC1NC(=O)[C@H](C)O. The van der Waals surface area contributed by atoms with E-state index in [-0.39, 0.29) is 11.9 Å². The van der Waals surface area contributed by atoms with Crippen molar-refractivity contribution >= 4 is 5.91 Å². The third-order valence-corrected chi connectivity index (χ3v) is 2.35. The fraction of sp³-hybridized carbons (Fsp3) is 0.889. The molecule has 3 atom stereocenters. The summed E-state index contributed by atoms with van der Waals surface area (Å²) < 4.78 is 5.24. The van der Waals surface area contributed by atoms with Crippen molar-refractivity contribution in [3.63, 3.8) is 0 Å². The van der Waals surface area contributed by atoms with Crippen molar-refractivity contribution in [2.24, 2.45) is 5.92 Å². The summed E-state index contributed by atoms with van der Waals surface area (Å²) in [5.41, 5.74) is 0. The number of carbonyl (C=O) groups is 1. The maximum atomic E-state index is 11.2. The molecule has 0 aromatic rings. The molecule has 4 nitrogen and oxygen atoms in total. The summed E-state index contributed by atoms with van der Waals surface area (Å²) in [7, 11) is 0. The standard InChI is InChI=1S/C9H17NO3/c1-6-5-13-4-3-8(6)10-9(12)7(2)11/h6-8,11H,3-5H2,1-2H3,(H,10,12)/t6?,7-,8?/m0/s1. The molecule has 4 heteroatoms. The Labute approximate surface area is 78.3 Å². The molecule has 0 spiro atoms. The van der Waals surface area contributed by atoms with Gasteiger partial charge in [0.05, 0.1) is 6.61 Å². The fourth-order valence-electron chi connectivity index (χ4n) is 1.40. The van der Waals surface area contributed by atoms with Crippen LogP contribution in [0.25, 0.3) is 0 Å². The summed E-state index contributed by atoms with van der Waals surface area (Å²) >= 11 is 0. The van der Waals surface area contributed by atoms with Crippen molar-refractivity contribution in [3.8, 4) is 0 Å². The molecule has 1 saturated heterocycles. The summed E-state index contributed by atoms with van der Waals surface area (Å²) in [6.45, 7) is 4.88. The van der Waals surface area contributed by atoms with Crippen LogP contribution in [-0.2, 0) is 9.53 Å². The minimum Gasteiger partial charge on any atom is -0.384 e. The molecule has 2 N–H and O–H groups in total. The van der Waals surface area contributed by atoms with Gasteiger partial charge in [0, 0.05) is 12.6 Å². The third-order valence-electron chi connectivity index (χ3n) is 2.35. The van der Waals surface area contributed by atoms with Crippen molar-refractivity contribution in [3.05, 3.63) is 0 Å². The average Bonchev–Trinajstić information content (AvgIpc) is 2.08. The van der Waals surface area contributed by atoms with Gasteiger partial charge >= 0.3 is 0 Å². The number of rotatable bonds is 2. The van der Waals surface area contributed by atoms with E-state index in [0.717, 1.165) is 6.42 Å². The van der Waals surface area contributed by atoms with Crippen LogP contribution in [0.1, 0.15) is 20.3 Å². The quantitative estimate of drug-likeness (QED) is 0.635. The van der Waals surface area contributed by atoms with Gasteiger partial charge < -0.3 is 15.2 Å². The van der Waals surface area contributed by atoms with E-state index in [4.69, 9.17) is 9.84 Å². The van der Waals surface area contributed by atoms with Crippen LogP contribution in [0.2, 0.25) is 0 Å². The Morgan fingerprint density at radius 1 is 1.69 bits per heavy atom. The topological polar surface area (TPSA) is 58.6 Å². The molecule has 0 aromatic carbocycles. The average molecular weight is 187 g/mol. The number of ether oxygens (including phenoxy) is 1. The van der Waals surface area contributed by atoms with E-state index in [0.29, 0.717) is 19.1 Å². The Morgan fingerprint density at radius 3 is 2.92 bits per heavy atom. The molecule has 1 amide bonds. The first-order valence-electron chi connectivity index (χ1n) is 4.67. The molecule has 0 aromatic heterocycles. The molecule has 13 heavy (non-hydrogen) atoms. The van der Waals surface area contributed by atoms with Crippen LogP contribution in [0, 0.1) is 5.92 Å². The summed E-state index contributed by atoms with van der Waals surface area (Å²) in [5.74, 6) is 0.0372. The molecule has 0 bridgehead atoms. The molecule has 1 aliphatic heterocycles. The Kier molecular flexibility index (Phi) is 3.69. The molecule has 1 heterocycles. The van der Waals surface area contributed by atoms with Gasteiger partial charge in [0.2, 0.25) is 5.91 Å². The van der Waals surface area contributed by atoms with Gasteiger partial charge in [-0.25, -0.2) is 0 Å². The van der Waals surface area contributed by atoms with Crippen LogP contribution in [0.4, 0.5) is 0 Å². The number of hydrogen-bond acceptors (Lipinski definition) is 3. The third kappa shape index (κ3) is 2.97. The second-order valence-electron chi connectivity index (χ2n) is 3.63. The monoisotopic (exact) mass is 187 g/mol. The predicted molar refractivity (Wildman–Crippen MR) is 48.2 cm³/mol. The maximum absolute atomic E-state index is 11.2. The van der Waals surface area contributed by atoms with Crippen LogP contribution in [-0.4, -0.2) is 36.4 Å². The van der Waals surface area contributed by atoms with Crippen molar-refractivity contribution in [2.45, 2.75) is 32.4 Å². The maximum Gasteiger partial charge on any atom is 0.248 e. The number of aliphatic hydroxyl groups excluding tert-OH is 1. The molecule has 1 aliphatic rings. The summed E-state index contributed by atoms with van der Waals surface area (Å²) in [5, 5.41) is 11.8. The smallest absolute Gasteiger partial charge is 0.248 e. The minimum atomic E-state index is -0.921. The van der Waals surface area contributed by atoms with Crippen LogP contribution in [0.15, 0.2) is 0 Å². The van der Waals surface area contributed by atoms with Crippen LogP contribution in [0.3, 0.4) is 0 Å². The molecule has 0 aliphatic carbocycles. The van der Waals surface area contributed by atoms with Gasteiger partial charge in [0.25, 0.3) is 0 Å². The lowest BCUT2D eigenvalue weighted by molar-refractivity contribution is -0.130. The number of nitrogens with one attached hydrogen (secondary N) is 1. The molecule has 0 radical (unpaired) electrons. The molecule has 1 rings (SSSR count). The Morgan fingerprint density at radius 2 is 2.38 bits per heavy atom. The zero-order chi connectivity index (χ0) is 9.84. The number of carbonyl (C=O) groups excluding carboxylic acids is 1. The van der Waals surface area contributed by atoms with Gasteiger partial charge in [0.15, 0.2) is 0 Å². The number of aliphatic hydroxyl groups is 1. The van der Waals surface area contributed by atoms with Gasteiger partial charge in [-0.1, -0.05) is 6.92 Å². The highest BCUT2D eigenvalue weighted by molar-refractivity contribution is 5.80. The second kappa shape index (κ2) is 4.58. The fourth-order valence-corrected chi connectivity index (χ4v) is 1.40. The van der Waals surface area contributed by atoms with E-state index in [1.165, 1.54) is 6.92 Å². The zero-order valence-electron chi connectivity index (χ0n) is 8.12. The lowest BCUT2D eigenvalue weighted by Gasteiger charge is -2.29. The molecular weight excluding hydrogens is 170 g/mol.